The van der Waals surface area contributed by atoms with Gasteiger partial charge in [0.2, 0.25) is 5.95 Å². The molecule has 1 aromatic heterocycles. The smallest absolute Gasteiger partial charge is 0.221 e. The summed E-state index contributed by atoms with van der Waals surface area (Å²) in [6.07, 6.45) is 3.36. The maximum atomic E-state index is 12.9. The zero-order valence-corrected chi connectivity index (χ0v) is 9.68. The van der Waals surface area contributed by atoms with Crippen molar-refractivity contribution in [2.24, 2.45) is 5.10 Å². The number of nitrogen functional groups attached to an aromatic ring is 1. The standard InChI is InChI=1S/C12H13FN4/c1-8-5-11(13)4-3-10(8)6-15-17-7-9(2)16-12(17)14/h3-7H,1-2H3,(H2,14,16). The molecule has 1 heterocycles. The van der Waals surface area contributed by atoms with Crippen LogP contribution in [0.4, 0.5) is 10.3 Å². The summed E-state index contributed by atoms with van der Waals surface area (Å²) in [5, 5.41) is 4.17. The van der Waals surface area contributed by atoms with E-state index in [1.807, 2.05) is 13.8 Å². The van der Waals surface area contributed by atoms with Gasteiger partial charge >= 0.3 is 0 Å². The van der Waals surface area contributed by atoms with Crippen LogP contribution < -0.4 is 5.73 Å². The van der Waals surface area contributed by atoms with Crippen molar-refractivity contribution in [3.63, 3.8) is 0 Å². The molecule has 0 saturated heterocycles. The lowest BCUT2D eigenvalue weighted by Crippen LogP contribution is -1.97. The second-order valence-corrected chi connectivity index (χ2v) is 3.83. The van der Waals surface area contributed by atoms with Crippen molar-refractivity contribution >= 4 is 12.2 Å². The lowest BCUT2D eigenvalue weighted by Gasteiger charge is -2.00. The maximum absolute atomic E-state index is 12.9. The van der Waals surface area contributed by atoms with Crippen LogP contribution in [0.25, 0.3) is 0 Å². The zero-order chi connectivity index (χ0) is 12.4. The number of imidazole rings is 1. The van der Waals surface area contributed by atoms with E-state index < -0.39 is 0 Å². The average molecular weight is 232 g/mol. The van der Waals surface area contributed by atoms with Crippen LogP contribution in [0.15, 0.2) is 29.5 Å². The molecule has 0 atom stereocenters. The van der Waals surface area contributed by atoms with Crippen molar-refractivity contribution in [3.05, 3.63) is 47.0 Å². The summed E-state index contributed by atoms with van der Waals surface area (Å²) in [5.74, 6) is 0.0798. The average Bonchev–Trinajstić information content (AvgIpc) is 2.56. The molecule has 88 valence electrons. The van der Waals surface area contributed by atoms with E-state index >= 15 is 0 Å². The second kappa shape index (κ2) is 4.37. The number of hydrogen-bond acceptors (Lipinski definition) is 3. The van der Waals surface area contributed by atoms with Gasteiger partial charge in [-0.25, -0.2) is 14.1 Å². The second-order valence-electron chi connectivity index (χ2n) is 3.83. The van der Waals surface area contributed by atoms with Gasteiger partial charge in [-0.3, -0.25) is 0 Å². The van der Waals surface area contributed by atoms with Gasteiger partial charge in [0.15, 0.2) is 0 Å². The van der Waals surface area contributed by atoms with Gasteiger partial charge in [0.1, 0.15) is 5.82 Å². The first-order valence-corrected chi connectivity index (χ1v) is 5.18. The molecule has 0 fully saturated rings. The summed E-state index contributed by atoms with van der Waals surface area (Å²) >= 11 is 0. The third kappa shape index (κ3) is 2.50. The molecule has 5 heteroatoms. The minimum atomic E-state index is -0.252. The molecule has 17 heavy (non-hydrogen) atoms. The molecule has 0 aliphatic heterocycles. The number of halogens is 1. The predicted molar refractivity (Wildman–Crippen MR) is 65.5 cm³/mol. The fraction of sp³-hybridized carbons (Fsp3) is 0.167. The van der Waals surface area contributed by atoms with Crippen molar-refractivity contribution in [1.29, 1.82) is 0 Å². The topological polar surface area (TPSA) is 56.2 Å². The number of rotatable bonds is 2. The Morgan fingerprint density at radius 1 is 1.41 bits per heavy atom. The van der Waals surface area contributed by atoms with E-state index in [9.17, 15) is 4.39 Å². The fourth-order valence-electron chi connectivity index (χ4n) is 1.50. The molecule has 0 amide bonds. The van der Waals surface area contributed by atoms with Gasteiger partial charge in [-0.2, -0.15) is 5.10 Å². The minimum Gasteiger partial charge on any atom is -0.368 e. The zero-order valence-electron chi connectivity index (χ0n) is 9.68. The van der Waals surface area contributed by atoms with Gasteiger partial charge in [-0.05, 0) is 37.1 Å². The highest BCUT2D eigenvalue weighted by molar-refractivity contribution is 5.81. The summed E-state index contributed by atoms with van der Waals surface area (Å²) in [6, 6.07) is 4.54. The molecule has 0 saturated carbocycles. The van der Waals surface area contributed by atoms with Gasteiger partial charge in [0, 0.05) is 0 Å². The number of aryl methyl sites for hydroxylation is 2. The Bertz CT molecular complexity index is 572. The highest BCUT2D eigenvalue weighted by Gasteiger charge is 2.00. The predicted octanol–water partition coefficient (Wildman–Crippen LogP) is 2.10. The lowest BCUT2D eigenvalue weighted by atomic mass is 10.1. The fourth-order valence-corrected chi connectivity index (χ4v) is 1.50. The minimum absolute atomic E-state index is 0.252. The van der Waals surface area contributed by atoms with E-state index in [1.54, 1.807) is 18.5 Å². The summed E-state index contributed by atoms with van der Waals surface area (Å²) in [7, 11) is 0. The third-order valence-electron chi connectivity index (χ3n) is 2.39. The third-order valence-corrected chi connectivity index (χ3v) is 2.39. The summed E-state index contributed by atoms with van der Waals surface area (Å²) in [5.41, 5.74) is 8.12. The lowest BCUT2D eigenvalue weighted by molar-refractivity contribution is 0.626. The molecular formula is C12H13FN4. The Kier molecular flexibility index (Phi) is 2.91. The van der Waals surface area contributed by atoms with Crippen LogP contribution in [0.5, 0.6) is 0 Å². The molecule has 4 nitrogen and oxygen atoms in total. The first-order chi connectivity index (χ1) is 8.06. The van der Waals surface area contributed by atoms with Crippen LogP contribution in [-0.2, 0) is 0 Å². The Labute approximate surface area is 98.6 Å². The van der Waals surface area contributed by atoms with Crippen LogP contribution in [0, 0.1) is 19.7 Å². The van der Waals surface area contributed by atoms with E-state index in [-0.39, 0.29) is 5.82 Å². The highest BCUT2D eigenvalue weighted by atomic mass is 19.1. The van der Waals surface area contributed by atoms with E-state index in [0.29, 0.717) is 5.95 Å². The highest BCUT2D eigenvalue weighted by Crippen LogP contribution is 2.09. The molecule has 0 unspecified atom stereocenters. The number of nitrogens with zero attached hydrogens (tertiary/aromatic N) is 3. The number of aromatic nitrogens is 2. The normalized spacial score (nSPS) is 11.2. The van der Waals surface area contributed by atoms with E-state index in [4.69, 9.17) is 5.73 Å². The van der Waals surface area contributed by atoms with Gasteiger partial charge in [0.05, 0.1) is 18.1 Å². The molecule has 2 N–H and O–H groups in total. The SMILES string of the molecule is Cc1cn(N=Cc2ccc(F)cc2C)c(N)n1. The van der Waals surface area contributed by atoms with Gasteiger partial charge in [-0.15, -0.1) is 0 Å². The van der Waals surface area contributed by atoms with Crippen LogP contribution >= 0.6 is 0 Å². The van der Waals surface area contributed by atoms with Crippen molar-refractivity contribution in [2.45, 2.75) is 13.8 Å². The number of benzene rings is 1. The molecular weight excluding hydrogens is 219 g/mol. The van der Waals surface area contributed by atoms with Gasteiger partial charge < -0.3 is 5.73 Å². The molecule has 0 aliphatic carbocycles. The monoisotopic (exact) mass is 232 g/mol. The van der Waals surface area contributed by atoms with E-state index in [2.05, 4.69) is 10.1 Å². The Balaban J connectivity index is 2.29. The van der Waals surface area contributed by atoms with Crippen LogP contribution in [0.3, 0.4) is 0 Å². The Morgan fingerprint density at radius 3 is 2.76 bits per heavy atom. The van der Waals surface area contributed by atoms with E-state index in [1.165, 1.54) is 16.8 Å². The Morgan fingerprint density at radius 2 is 2.18 bits per heavy atom. The summed E-state index contributed by atoms with van der Waals surface area (Å²) in [6.45, 7) is 3.67. The van der Waals surface area contributed by atoms with Crippen molar-refractivity contribution < 1.29 is 4.39 Å². The number of hydrogen-bond donors (Lipinski definition) is 1. The van der Waals surface area contributed by atoms with Gasteiger partial charge in [0.25, 0.3) is 0 Å². The van der Waals surface area contributed by atoms with E-state index in [0.717, 1.165) is 16.8 Å². The molecule has 2 aromatic rings. The molecule has 0 radical (unpaired) electrons. The molecule has 1 aromatic carbocycles. The molecule has 2 rings (SSSR count). The molecule has 0 bridgehead atoms. The van der Waals surface area contributed by atoms with Crippen LogP contribution in [0.1, 0.15) is 16.8 Å². The summed E-state index contributed by atoms with van der Waals surface area (Å²) in [4.78, 5) is 4.03. The number of nitrogens with two attached hydrogens (primary N) is 1. The van der Waals surface area contributed by atoms with Crippen molar-refractivity contribution in [3.8, 4) is 0 Å². The van der Waals surface area contributed by atoms with Crippen LogP contribution in [-0.4, -0.2) is 15.9 Å². The quantitative estimate of drug-likeness (QED) is 0.806. The first kappa shape index (κ1) is 11.3. The van der Waals surface area contributed by atoms with Gasteiger partial charge in [-0.1, -0.05) is 6.07 Å². The maximum Gasteiger partial charge on any atom is 0.221 e. The largest absolute Gasteiger partial charge is 0.368 e. The van der Waals surface area contributed by atoms with Crippen molar-refractivity contribution in [2.75, 3.05) is 5.73 Å². The van der Waals surface area contributed by atoms with Crippen molar-refractivity contribution in [1.82, 2.24) is 9.66 Å². The first-order valence-electron chi connectivity index (χ1n) is 5.18. The Hall–Kier alpha value is -2.17. The number of anilines is 1. The summed E-state index contributed by atoms with van der Waals surface area (Å²) < 4.78 is 14.4. The van der Waals surface area contributed by atoms with Crippen LogP contribution in [0.2, 0.25) is 0 Å². The molecule has 0 spiro atoms. The molecule has 0 aliphatic rings.